The molecule has 0 aliphatic carbocycles. The molecule has 16 nitrogen and oxygen atoms in total. The number of hydrazone groups is 2. The molecule has 57 heavy (non-hydrogen) atoms. The number of rotatable bonds is 15. The number of carbonyl (C=O) groups is 2. The Hall–Kier alpha value is -6.34. The van der Waals surface area contributed by atoms with Crippen LogP contribution in [0.25, 0.3) is 12.2 Å². The number of amides is 2. The Balaban J connectivity index is 1.03. The zero-order chi connectivity index (χ0) is 40.9. The molecule has 0 spiro atoms. The minimum Gasteiger partial charge on any atom is -0.740 e. The van der Waals surface area contributed by atoms with E-state index >= 15 is 0 Å². The molecule has 0 radical (unpaired) electrons. The molecule has 1 atom stereocenters. The highest BCUT2D eigenvalue weighted by Crippen LogP contribution is 2.33. The number of carbonyl (C=O) groups excluding carboxylic acids is 2. The van der Waals surface area contributed by atoms with Crippen molar-refractivity contribution in [2.45, 2.75) is 25.2 Å². The fourth-order valence-corrected chi connectivity index (χ4v) is 6.49. The second-order valence-corrected chi connectivity index (χ2v) is 14.3. The summed E-state index contributed by atoms with van der Waals surface area (Å²) in [6.07, 6.45) is 3.87. The minimum absolute atomic E-state index is 0.105. The summed E-state index contributed by atoms with van der Waals surface area (Å²) < 4.78 is 81.3. The summed E-state index contributed by atoms with van der Waals surface area (Å²) in [4.78, 5) is 26.2. The van der Waals surface area contributed by atoms with Gasteiger partial charge in [-0.25, -0.2) is 4.21 Å². The number of benzene rings is 4. The predicted molar refractivity (Wildman–Crippen MR) is 211 cm³/mol. The third kappa shape index (κ3) is 9.38. The zero-order valence-electron chi connectivity index (χ0n) is 30.9. The largest absolute Gasteiger partial charge is 0.740 e. The van der Waals surface area contributed by atoms with Crippen LogP contribution in [0.4, 0.5) is 11.4 Å². The summed E-state index contributed by atoms with van der Waals surface area (Å²) in [6, 6.07) is 21.5. The Morgan fingerprint density at radius 1 is 0.702 bits per heavy atom. The topological polar surface area (TPSA) is 206 Å². The maximum atomic E-state index is 13.2. The van der Waals surface area contributed by atoms with Crippen LogP contribution in [0.3, 0.4) is 0 Å². The Bertz CT molecular complexity index is 2460. The van der Waals surface area contributed by atoms with Gasteiger partial charge in [0, 0.05) is 6.42 Å². The van der Waals surface area contributed by atoms with E-state index in [1.54, 1.807) is 62.4 Å². The van der Waals surface area contributed by atoms with Crippen molar-refractivity contribution in [2.24, 2.45) is 10.2 Å². The number of hydrogen-bond acceptors (Lipinski definition) is 13. The first kappa shape index (κ1) is 40.3. The van der Waals surface area contributed by atoms with Crippen LogP contribution in [0.1, 0.15) is 31.4 Å². The first-order valence-corrected chi connectivity index (χ1v) is 19.5. The van der Waals surface area contributed by atoms with Crippen molar-refractivity contribution >= 4 is 68.2 Å². The van der Waals surface area contributed by atoms with E-state index in [1.807, 2.05) is 0 Å². The molecule has 4 aromatic carbocycles. The predicted octanol–water partition coefficient (Wildman–Crippen LogP) is 5.58. The van der Waals surface area contributed by atoms with Crippen LogP contribution in [0.5, 0.6) is 28.7 Å². The van der Waals surface area contributed by atoms with E-state index in [1.165, 1.54) is 67.8 Å². The van der Waals surface area contributed by atoms with Crippen LogP contribution in [0.15, 0.2) is 111 Å². The molecule has 4 aromatic rings. The Morgan fingerprint density at radius 2 is 1.14 bits per heavy atom. The van der Waals surface area contributed by atoms with Gasteiger partial charge in [-0.05, 0) is 110 Å². The monoisotopic (exact) mass is 815 g/mol. The highest BCUT2D eigenvalue weighted by molar-refractivity contribution is 7.85. The summed E-state index contributed by atoms with van der Waals surface area (Å²) >= 11 is -2.71. The van der Waals surface area contributed by atoms with E-state index in [-0.39, 0.29) is 16.6 Å². The summed E-state index contributed by atoms with van der Waals surface area (Å²) in [7, 11) is -1.36. The Kier molecular flexibility index (Phi) is 12.2. The van der Waals surface area contributed by atoms with E-state index in [4.69, 9.17) is 18.9 Å². The van der Waals surface area contributed by atoms with Gasteiger partial charge in [-0.2, -0.15) is 28.6 Å². The summed E-state index contributed by atoms with van der Waals surface area (Å²) in [6.45, 7) is 3.99. The summed E-state index contributed by atoms with van der Waals surface area (Å²) in [5, 5.41) is 11.1. The molecule has 2 aliphatic rings. The third-order valence-corrected chi connectivity index (χ3v) is 9.75. The van der Waals surface area contributed by atoms with E-state index < -0.39 is 27.4 Å². The van der Waals surface area contributed by atoms with E-state index in [2.05, 4.69) is 14.4 Å². The number of anilines is 2. The van der Waals surface area contributed by atoms with Gasteiger partial charge in [0.15, 0.2) is 23.0 Å². The fraction of sp³-hybridized carbons (Fsp3) is 0.179. The Labute approximate surface area is 330 Å². The highest BCUT2D eigenvalue weighted by atomic mass is 32.2. The standard InChI is InChI=1S/C39H36N4O12S2/c1-24-32(38(44)42(40-24)28-8-12-30(13-9-28)55-56(46)47)20-26-6-16-34(36(22-26)51-3)53-18-5-19-54-35-17-7-27(23-37(35)52-4)21-33-25(2)41-43(39(33)45)29-10-14-31(15-11-29)57(48,49)50/h6-17,20-23H,5,18-19H2,1-4H3,(H,46,47)(H,48,49,50)/p-1/b32-20+,33-21+. The average molecular weight is 816 g/mol. The molecular weight excluding hydrogens is 781 g/mol. The summed E-state index contributed by atoms with van der Waals surface area (Å²) in [5.74, 6) is 1.22. The van der Waals surface area contributed by atoms with Crippen molar-refractivity contribution in [2.75, 3.05) is 37.5 Å². The van der Waals surface area contributed by atoms with Crippen molar-refractivity contribution in [1.29, 1.82) is 0 Å². The number of methoxy groups -OCH3 is 2. The molecule has 1 N–H and O–H groups in total. The van der Waals surface area contributed by atoms with Crippen LogP contribution in [0.2, 0.25) is 0 Å². The summed E-state index contributed by atoms with van der Waals surface area (Å²) in [5.41, 5.74) is 3.77. The van der Waals surface area contributed by atoms with Gasteiger partial charge < -0.3 is 27.7 Å². The van der Waals surface area contributed by atoms with Gasteiger partial charge in [0.25, 0.3) is 21.9 Å². The normalized spacial score (nSPS) is 16.2. The van der Waals surface area contributed by atoms with Crippen molar-refractivity contribution in [1.82, 2.24) is 0 Å². The quantitative estimate of drug-likeness (QED) is 0.0676. The van der Waals surface area contributed by atoms with Crippen LogP contribution in [-0.4, -0.2) is 72.4 Å². The number of ether oxygens (including phenoxy) is 4. The molecule has 0 saturated heterocycles. The molecule has 1 unspecified atom stereocenters. The Morgan fingerprint density at radius 3 is 1.54 bits per heavy atom. The molecule has 18 heteroatoms. The van der Waals surface area contributed by atoms with Crippen molar-refractivity contribution in [3.05, 3.63) is 107 Å². The number of hydrogen-bond donors (Lipinski definition) is 1. The minimum atomic E-state index is -4.38. The van der Waals surface area contributed by atoms with Gasteiger partial charge in [0.05, 0.1) is 66.3 Å². The second-order valence-electron chi connectivity index (χ2n) is 12.3. The fourth-order valence-electron chi connectivity index (χ4n) is 5.74. The smallest absolute Gasteiger partial charge is 0.294 e. The molecular formula is C39H35N4O12S2-. The number of nitrogens with zero attached hydrogens (tertiary/aromatic N) is 4. The molecule has 2 amide bonds. The van der Waals surface area contributed by atoms with Crippen molar-refractivity contribution in [3.8, 4) is 28.7 Å². The van der Waals surface area contributed by atoms with Crippen molar-refractivity contribution in [3.63, 3.8) is 0 Å². The van der Waals surface area contributed by atoms with Crippen molar-refractivity contribution < 1.29 is 54.5 Å². The molecule has 0 fully saturated rings. The van der Waals surface area contributed by atoms with Crippen LogP contribution in [-0.2, 0) is 31.1 Å². The lowest BCUT2D eigenvalue weighted by Gasteiger charge is -2.14. The molecule has 6 rings (SSSR count). The van der Waals surface area contributed by atoms with Gasteiger partial charge in [-0.15, -0.1) is 0 Å². The van der Waals surface area contributed by atoms with E-state index in [9.17, 15) is 31.3 Å². The first-order valence-electron chi connectivity index (χ1n) is 17.1. The SMILES string of the molecule is COc1cc(/C=C2/C(=O)N(c3ccc(OS(=O)[O-])cc3)N=C2C)ccc1OCCCOc1ccc(/C=C2/C(=O)N(c3ccc(S(=O)(=O)O)cc3)N=C2C)cc1OC. The molecule has 296 valence electrons. The molecule has 0 saturated carbocycles. The third-order valence-electron chi connectivity index (χ3n) is 8.55. The van der Waals surface area contributed by atoms with Gasteiger partial charge in [-0.3, -0.25) is 14.1 Å². The van der Waals surface area contributed by atoms with Gasteiger partial charge in [0.1, 0.15) is 17.1 Å². The second kappa shape index (κ2) is 17.2. The first-order chi connectivity index (χ1) is 27.2. The average Bonchev–Trinajstić information content (AvgIpc) is 3.63. The lowest BCUT2D eigenvalue weighted by molar-refractivity contribution is -0.115. The van der Waals surface area contributed by atoms with Crippen LogP contribution < -0.4 is 33.1 Å². The molecule has 0 bridgehead atoms. The molecule has 2 aliphatic heterocycles. The van der Waals surface area contributed by atoms with Gasteiger partial charge in [-0.1, -0.05) is 12.1 Å². The van der Waals surface area contributed by atoms with E-state index in [0.717, 1.165) is 5.01 Å². The van der Waals surface area contributed by atoms with Gasteiger partial charge >= 0.3 is 0 Å². The van der Waals surface area contributed by atoms with Crippen LogP contribution in [0, 0.1) is 0 Å². The highest BCUT2D eigenvalue weighted by Gasteiger charge is 2.30. The lowest BCUT2D eigenvalue weighted by atomic mass is 10.1. The lowest BCUT2D eigenvalue weighted by Crippen LogP contribution is -2.21. The molecule has 2 heterocycles. The maximum absolute atomic E-state index is 13.2. The molecule has 0 aromatic heterocycles. The van der Waals surface area contributed by atoms with E-state index in [0.29, 0.717) is 87.7 Å². The maximum Gasteiger partial charge on any atom is 0.294 e. The van der Waals surface area contributed by atoms with Crippen LogP contribution >= 0.6 is 0 Å². The zero-order valence-corrected chi connectivity index (χ0v) is 32.5. The van der Waals surface area contributed by atoms with Gasteiger partial charge in [0.2, 0.25) is 0 Å².